The van der Waals surface area contributed by atoms with Crippen LogP contribution in [-0.2, 0) is 0 Å². The molecule has 13 heavy (non-hydrogen) atoms. The molecule has 0 bridgehead atoms. The lowest BCUT2D eigenvalue weighted by atomic mass is 10.1. The molecule has 0 radical (unpaired) electrons. The fourth-order valence-corrected chi connectivity index (χ4v) is 1.90. The first-order valence-corrected chi connectivity index (χ1v) is 4.81. The van der Waals surface area contributed by atoms with Crippen molar-refractivity contribution in [3.05, 3.63) is 0 Å². The van der Waals surface area contributed by atoms with Gasteiger partial charge < -0.3 is 10.6 Å². The minimum atomic E-state index is 0.260. The van der Waals surface area contributed by atoms with E-state index in [9.17, 15) is 0 Å². The van der Waals surface area contributed by atoms with E-state index < -0.39 is 0 Å². The van der Waals surface area contributed by atoms with Gasteiger partial charge in [0.15, 0.2) is 0 Å². The summed E-state index contributed by atoms with van der Waals surface area (Å²) in [6.07, 6.45) is 2.48. The maximum atomic E-state index is 7.22. The molecule has 4 heteroatoms. The first-order chi connectivity index (χ1) is 6.09. The minimum Gasteiger partial charge on any atom is -0.387 e. The first kappa shape index (κ1) is 10.5. The van der Waals surface area contributed by atoms with Gasteiger partial charge in [0.05, 0.1) is 6.54 Å². The number of amidine groups is 1. The monoisotopic (exact) mass is 184 g/mol. The van der Waals surface area contributed by atoms with E-state index in [1.165, 1.54) is 19.4 Å². The Hall–Kier alpha value is -0.610. The number of nitrogens with two attached hydrogens (primary N) is 1. The van der Waals surface area contributed by atoms with E-state index >= 15 is 0 Å². The van der Waals surface area contributed by atoms with Gasteiger partial charge in [-0.2, -0.15) is 0 Å². The van der Waals surface area contributed by atoms with Crippen molar-refractivity contribution in [3.8, 4) is 0 Å². The summed E-state index contributed by atoms with van der Waals surface area (Å²) < 4.78 is 0. The normalized spacial score (nSPS) is 25.0. The molecule has 0 aromatic heterocycles. The zero-order chi connectivity index (χ0) is 9.84. The SMILES string of the molecule is CN1CCCC(N(C)CC(=N)N)C1. The van der Waals surface area contributed by atoms with Crippen LogP contribution in [0.15, 0.2) is 0 Å². The van der Waals surface area contributed by atoms with Crippen molar-refractivity contribution >= 4 is 5.84 Å². The lowest BCUT2D eigenvalue weighted by Crippen LogP contribution is -2.47. The average molecular weight is 184 g/mol. The molecule has 0 aromatic rings. The topological polar surface area (TPSA) is 56.4 Å². The van der Waals surface area contributed by atoms with Gasteiger partial charge in [-0.05, 0) is 33.5 Å². The molecule has 0 saturated carbocycles. The van der Waals surface area contributed by atoms with Crippen molar-refractivity contribution in [1.82, 2.24) is 9.80 Å². The summed E-state index contributed by atoms with van der Waals surface area (Å²) in [6.45, 7) is 2.90. The lowest BCUT2D eigenvalue weighted by Gasteiger charge is -2.35. The fourth-order valence-electron chi connectivity index (χ4n) is 1.90. The second-order valence-corrected chi connectivity index (χ2v) is 4.00. The predicted octanol–water partition coefficient (Wildman–Crippen LogP) is -0.0516. The molecular formula is C9H20N4. The molecule has 0 amide bonds. The molecule has 3 N–H and O–H groups in total. The van der Waals surface area contributed by atoms with Gasteiger partial charge in [0.25, 0.3) is 0 Å². The van der Waals surface area contributed by atoms with Gasteiger partial charge in [-0.3, -0.25) is 10.3 Å². The Kier molecular flexibility index (Phi) is 3.69. The maximum absolute atomic E-state index is 7.22. The van der Waals surface area contributed by atoms with Gasteiger partial charge in [0.1, 0.15) is 5.84 Å². The van der Waals surface area contributed by atoms with Crippen molar-refractivity contribution in [2.45, 2.75) is 18.9 Å². The van der Waals surface area contributed by atoms with Crippen LogP contribution >= 0.6 is 0 Å². The highest BCUT2D eigenvalue weighted by Gasteiger charge is 2.20. The predicted molar refractivity (Wildman–Crippen MR) is 55.1 cm³/mol. The Morgan fingerprint density at radius 2 is 2.38 bits per heavy atom. The molecule has 1 atom stereocenters. The van der Waals surface area contributed by atoms with E-state index in [0.29, 0.717) is 12.6 Å². The van der Waals surface area contributed by atoms with Crippen molar-refractivity contribution in [1.29, 1.82) is 5.41 Å². The third kappa shape index (κ3) is 3.32. The molecule has 4 nitrogen and oxygen atoms in total. The van der Waals surface area contributed by atoms with Crippen LogP contribution in [-0.4, -0.2) is 55.4 Å². The molecule has 1 fully saturated rings. The summed E-state index contributed by atoms with van der Waals surface area (Å²) in [5.41, 5.74) is 5.36. The van der Waals surface area contributed by atoms with Crippen LogP contribution in [0.25, 0.3) is 0 Å². The van der Waals surface area contributed by atoms with Gasteiger partial charge in [-0.25, -0.2) is 0 Å². The summed E-state index contributed by atoms with van der Waals surface area (Å²) in [4.78, 5) is 4.52. The van der Waals surface area contributed by atoms with E-state index in [1.54, 1.807) is 0 Å². The number of nitrogens with one attached hydrogen (secondary N) is 1. The average Bonchev–Trinajstić information content (AvgIpc) is 2.03. The molecule has 1 aliphatic heterocycles. The Balaban J connectivity index is 2.36. The van der Waals surface area contributed by atoms with E-state index in [2.05, 4.69) is 16.8 Å². The number of nitrogens with zero attached hydrogens (tertiary/aromatic N) is 2. The van der Waals surface area contributed by atoms with Crippen molar-refractivity contribution in [2.24, 2.45) is 5.73 Å². The fraction of sp³-hybridized carbons (Fsp3) is 0.889. The van der Waals surface area contributed by atoms with Crippen LogP contribution < -0.4 is 5.73 Å². The van der Waals surface area contributed by atoms with E-state index in [0.717, 1.165) is 6.54 Å². The van der Waals surface area contributed by atoms with Crippen LogP contribution in [0.3, 0.4) is 0 Å². The summed E-state index contributed by atoms with van der Waals surface area (Å²) >= 11 is 0. The molecule has 1 saturated heterocycles. The van der Waals surface area contributed by atoms with Gasteiger partial charge in [0.2, 0.25) is 0 Å². The highest BCUT2D eigenvalue weighted by Crippen LogP contribution is 2.12. The molecule has 1 rings (SSSR count). The second-order valence-electron chi connectivity index (χ2n) is 4.00. The quantitative estimate of drug-likeness (QED) is 0.477. The Labute approximate surface area is 80.2 Å². The maximum Gasteiger partial charge on any atom is 0.105 e. The summed E-state index contributed by atoms with van der Waals surface area (Å²) in [5, 5.41) is 7.22. The van der Waals surface area contributed by atoms with Crippen LogP contribution in [0.2, 0.25) is 0 Å². The van der Waals surface area contributed by atoms with E-state index in [4.69, 9.17) is 11.1 Å². The zero-order valence-corrected chi connectivity index (χ0v) is 8.58. The van der Waals surface area contributed by atoms with Gasteiger partial charge in [-0.1, -0.05) is 0 Å². The minimum absolute atomic E-state index is 0.260. The number of likely N-dealkylation sites (tertiary alicyclic amines) is 1. The number of likely N-dealkylation sites (N-methyl/N-ethyl adjacent to an activating group) is 2. The van der Waals surface area contributed by atoms with Crippen LogP contribution in [0.4, 0.5) is 0 Å². The highest BCUT2D eigenvalue weighted by molar-refractivity contribution is 5.78. The largest absolute Gasteiger partial charge is 0.387 e. The van der Waals surface area contributed by atoms with E-state index in [-0.39, 0.29) is 5.84 Å². The van der Waals surface area contributed by atoms with Crippen LogP contribution in [0.5, 0.6) is 0 Å². The Morgan fingerprint density at radius 1 is 1.69 bits per heavy atom. The smallest absolute Gasteiger partial charge is 0.105 e. The molecule has 0 aromatic carbocycles. The van der Waals surface area contributed by atoms with Crippen molar-refractivity contribution in [3.63, 3.8) is 0 Å². The number of rotatable bonds is 3. The number of piperidine rings is 1. The molecule has 76 valence electrons. The molecule has 0 aliphatic carbocycles. The Morgan fingerprint density at radius 3 is 2.92 bits per heavy atom. The van der Waals surface area contributed by atoms with Gasteiger partial charge >= 0.3 is 0 Å². The van der Waals surface area contributed by atoms with Crippen molar-refractivity contribution in [2.75, 3.05) is 33.7 Å². The first-order valence-electron chi connectivity index (χ1n) is 4.81. The van der Waals surface area contributed by atoms with Gasteiger partial charge in [-0.15, -0.1) is 0 Å². The Bertz CT molecular complexity index is 180. The van der Waals surface area contributed by atoms with Crippen LogP contribution in [0, 0.1) is 5.41 Å². The molecule has 1 heterocycles. The van der Waals surface area contributed by atoms with E-state index in [1.807, 2.05) is 7.05 Å². The summed E-state index contributed by atoms with van der Waals surface area (Å²) in [6, 6.07) is 0.572. The second kappa shape index (κ2) is 4.58. The summed E-state index contributed by atoms with van der Waals surface area (Å²) in [7, 11) is 4.19. The molecule has 1 aliphatic rings. The molecular weight excluding hydrogens is 164 g/mol. The van der Waals surface area contributed by atoms with Crippen molar-refractivity contribution < 1.29 is 0 Å². The standard InChI is InChI=1S/C9H20N4/c1-12-5-3-4-8(6-12)13(2)7-9(10)11/h8H,3-7H2,1-2H3,(H3,10,11). The lowest BCUT2D eigenvalue weighted by molar-refractivity contribution is 0.147. The molecule has 0 spiro atoms. The highest BCUT2D eigenvalue weighted by atomic mass is 15.2. The number of hydrogen-bond acceptors (Lipinski definition) is 3. The summed E-state index contributed by atoms with van der Waals surface area (Å²) in [5.74, 6) is 0.260. The number of hydrogen-bond donors (Lipinski definition) is 2. The van der Waals surface area contributed by atoms with Crippen LogP contribution in [0.1, 0.15) is 12.8 Å². The third-order valence-corrected chi connectivity index (χ3v) is 2.64. The zero-order valence-electron chi connectivity index (χ0n) is 8.58. The van der Waals surface area contributed by atoms with Gasteiger partial charge in [0, 0.05) is 12.6 Å². The third-order valence-electron chi connectivity index (χ3n) is 2.64. The molecule has 1 unspecified atom stereocenters.